The van der Waals surface area contributed by atoms with E-state index < -0.39 is 0 Å². The Morgan fingerprint density at radius 3 is 2.75 bits per heavy atom. The Morgan fingerprint density at radius 1 is 1.50 bits per heavy atom. The van der Waals surface area contributed by atoms with Crippen LogP contribution in [0, 0.1) is 0 Å². The van der Waals surface area contributed by atoms with E-state index in [-0.39, 0.29) is 12.0 Å². The van der Waals surface area contributed by atoms with E-state index in [1.807, 2.05) is 6.92 Å². The largest absolute Gasteiger partial charge is 0.465 e. The molecule has 1 aliphatic heterocycles. The average Bonchev–Trinajstić information content (AvgIpc) is 2.52. The fraction of sp³-hybridized carbons (Fsp3) is 0.889. The number of ether oxygens (including phenoxy) is 1. The molecule has 1 saturated heterocycles. The molecule has 1 heterocycles. The molecule has 1 rings (SSSR count). The van der Waals surface area contributed by atoms with E-state index in [2.05, 4.69) is 12.2 Å². The lowest BCUT2D eigenvalue weighted by molar-refractivity contribution is -0.145. The lowest BCUT2D eigenvalue weighted by atomic mass is 10.1. The molecular formula is C9H17NO2. The first-order chi connectivity index (χ1) is 5.77. The first-order valence-corrected chi connectivity index (χ1v) is 4.70. The molecule has 0 radical (unpaired) electrons. The van der Waals surface area contributed by atoms with Crippen molar-refractivity contribution in [2.45, 2.75) is 45.2 Å². The number of esters is 1. The minimum Gasteiger partial charge on any atom is -0.465 e. The summed E-state index contributed by atoms with van der Waals surface area (Å²) in [7, 11) is 0. The summed E-state index contributed by atoms with van der Waals surface area (Å²) in [5.41, 5.74) is 0. The summed E-state index contributed by atoms with van der Waals surface area (Å²) in [6.45, 7) is 4.45. The van der Waals surface area contributed by atoms with Crippen LogP contribution < -0.4 is 5.32 Å². The second-order valence-corrected chi connectivity index (χ2v) is 3.15. The van der Waals surface area contributed by atoms with E-state index in [4.69, 9.17) is 4.74 Å². The number of hydrogen-bond donors (Lipinski definition) is 1. The Morgan fingerprint density at radius 2 is 2.25 bits per heavy atom. The Kier molecular flexibility index (Phi) is 3.53. The highest BCUT2D eigenvalue weighted by molar-refractivity contribution is 5.76. The summed E-state index contributed by atoms with van der Waals surface area (Å²) in [6.07, 6.45) is 3.12. The number of rotatable bonds is 3. The molecule has 3 nitrogen and oxygen atoms in total. The van der Waals surface area contributed by atoms with Crippen molar-refractivity contribution >= 4 is 5.97 Å². The standard InChI is InChI=1S/C9H17NO2/c1-3-7-5-6-8(10-7)9(11)12-4-2/h7-8,10H,3-6H2,1-2H3/t7-,8+/m1/s1. The number of carbonyl (C=O) groups excluding carboxylic acids is 1. The highest BCUT2D eigenvalue weighted by Crippen LogP contribution is 2.15. The Hall–Kier alpha value is -0.570. The van der Waals surface area contributed by atoms with Crippen molar-refractivity contribution in [3.8, 4) is 0 Å². The fourth-order valence-corrected chi connectivity index (χ4v) is 1.57. The van der Waals surface area contributed by atoms with Crippen molar-refractivity contribution in [3.63, 3.8) is 0 Å². The van der Waals surface area contributed by atoms with Gasteiger partial charge in [0.25, 0.3) is 0 Å². The van der Waals surface area contributed by atoms with E-state index >= 15 is 0 Å². The first-order valence-electron chi connectivity index (χ1n) is 4.70. The molecule has 0 unspecified atom stereocenters. The maximum atomic E-state index is 11.2. The van der Waals surface area contributed by atoms with Gasteiger partial charge < -0.3 is 10.1 Å². The van der Waals surface area contributed by atoms with Crippen molar-refractivity contribution in [1.82, 2.24) is 5.32 Å². The third kappa shape index (κ3) is 2.21. The van der Waals surface area contributed by atoms with E-state index in [1.54, 1.807) is 0 Å². The van der Waals surface area contributed by atoms with Crippen LogP contribution in [0.15, 0.2) is 0 Å². The van der Waals surface area contributed by atoms with Gasteiger partial charge >= 0.3 is 5.97 Å². The molecular weight excluding hydrogens is 154 g/mol. The smallest absolute Gasteiger partial charge is 0.323 e. The Labute approximate surface area is 73.5 Å². The molecule has 2 atom stereocenters. The maximum Gasteiger partial charge on any atom is 0.323 e. The SMILES string of the molecule is CCOC(=O)[C@@H]1CC[C@@H](CC)N1. The van der Waals surface area contributed by atoms with Crippen LogP contribution >= 0.6 is 0 Å². The molecule has 1 N–H and O–H groups in total. The molecule has 0 aromatic heterocycles. The summed E-state index contributed by atoms with van der Waals surface area (Å²) >= 11 is 0. The van der Waals surface area contributed by atoms with Gasteiger partial charge in [0.15, 0.2) is 0 Å². The second-order valence-electron chi connectivity index (χ2n) is 3.15. The van der Waals surface area contributed by atoms with Gasteiger partial charge in [0.05, 0.1) is 6.61 Å². The van der Waals surface area contributed by atoms with Crippen LogP contribution in [-0.4, -0.2) is 24.7 Å². The predicted molar refractivity (Wildman–Crippen MR) is 46.9 cm³/mol. The molecule has 0 saturated carbocycles. The average molecular weight is 171 g/mol. The summed E-state index contributed by atoms with van der Waals surface area (Å²) in [5.74, 6) is -0.0894. The predicted octanol–water partition coefficient (Wildman–Crippen LogP) is 1.08. The van der Waals surface area contributed by atoms with Gasteiger partial charge in [-0.3, -0.25) is 4.79 Å². The normalized spacial score (nSPS) is 28.8. The van der Waals surface area contributed by atoms with E-state index in [1.165, 1.54) is 0 Å². The molecule has 0 aromatic rings. The zero-order valence-electron chi connectivity index (χ0n) is 7.80. The van der Waals surface area contributed by atoms with Gasteiger partial charge in [0, 0.05) is 6.04 Å². The van der Waals surface area contributed by atoms with Crippen molar-refractivity contribution in [2.75, 3.05) is 6.61 Å². The highest BCUT2D eigenvalue weighted by atomic mass is 16.5. The van der Waals surface area contributed by atoms with Crippen LogP contribution in [0.5, 0.6) is 0 Å². The van der Waals surface area contributed by atoms with Crippen molar-refractivity contribution in [2.24, 2.45) is 0 Å². The van der Waals surface area contributed by atoms with E-state index in [9.17, 15) is 4.79 Å². The van der Waals surface area contributed by atoms with Crippen LogP contribution in [0.1, 0.15) is 33.1 Å². The van der Waals surface area contributed by atoms with E-state index in [0.717, 1.165) is 19.3 Å². The third-order valence-electron chi connectivity index (χ3n) is 2.30. The zero-order valence-corrected chi connectivity index (χ0v) is 7.80. The Bertz CT molecular complexity index is 159. The van der Waals surface area contributed by atoms with Crippen LogP contribution in [-0.2, 0) is 9.53 Å². The molecule has 0 bridgehead atoms. The molecule has 12 heavy (non-hydrogen) atoms. The summed E-state index contributed by atoms with van der Waals surface area (Å²) in [6, 6.07) is 0.467. The minimum atomic E-state index is -0.0894. The number of nitrogens with one attached hydrogen (secondary N) is 1. The first kappa shape index (κ1) is 9.52. The van der Waals surface area contributed by atoms with Gasteiger partial charge in [-0.25, -0.2) is 0 Å². The van der Waals surface area contributed by atoms with Gasteiger partial charge in [-0.2, -0.15) is 0 Å². The van der Waals surface area contributed by atoms with Crippen LogP contribution in [0.4, 0.5) is 0 Å². The van der Waals surface area contributed by atoms with Gasteiger partial charge in [-0.15, -0.1) is 0 Å². The third-order valence-corrected chi connectivity index (χ3v) is 2.30. The number of hydrogen-bond acceptors (Lipinski definition) is 3. The molecule has 0 aromatic carbocycles. The summed E-state index contributed by atoms with van der Waals surface area (Å²) in [4.78, 5) is 11.2. The molecule has 3 heteroatoms. The van der Waals surface area contributed by atoms with Crippen molar-refractivity contribution in [1.29, 1.82) is 0 Å². The summed E-state index contributed by atoms with van der Waals surface area (Å²) < 4.78 is 4.92. The van der Waals surface area contributed by atoms with Crippen LogP contribution in [0.25, 0.3) is 0 Å². The second kappa shape index (κ2) is 4.45. The quantitative estimate of drug-likeness (QED) is 0.646. The Balaban J connectivity index is 2.31. The molecule has 70 valence electrons. The molecule has 0 spiro atoms. The summed E-state index contributed by atoms with van der Waals surface area (Å²) in [5, 5.41) is 3.25. The number of carbonyl (C=O) groups is 1. The lowest BCUT2D eigenvalue weighted by Gasteiger charge is -2.11. The van der Waals surface area contributed by atoms with Gasteiger partial charge in [0.2, 0.25) is 0 Å². The minimum absolute atomic E-state index is 0.0464. The van der Waals surface area contributed by atoms with Gasteiger partial charge in [0.1, 0.15) is 6.04 Å². The van der Waals surface area contributed by atoms with Crippen molar-refractivity contribution < 1.29 is 9.53 Å². The molecule has 1 aliphatic rings. The van der Waals surface area contributed by atoms with Gasteiger partial charge in [-0.1, -0.05) is 6.92 Å². The molecule has 1 fully saturated rings. The highest BCUT2D eigenvalue weighted by Gasteiger charge is 2.28. The van der Waals surface area contributed by atoms with Gasteiger partial charge in [-0.05, 0) is 26.2 Å². The van der Waals surface area contributed by atoms with E-state index in [0.29, 0.717) is 12.6 Å². The van der Waals surface area contributed by atoms with Crippen LogP contribution in [0.2, 0.25) is 0 Å². The molecule has 0 amide bonds. The van der Waals surface area contributed by atoms with Crippen molar-refractivity contribution in [3.05, 3.63) is 0 Å². The maximum absolute atomic E-state index is 11.2. The zero-order chi connectivity index (χ0) is 8.97. The monoisotopic (exact) mass is 171 g/mol. The fourth-order valence-electron chi connectivity index (χ4n) is 1.57. The van der Waals surface area contributed by atoms with Crippen LogP contribution in [0.3, 0.4) is 0 Å². The molecule has 0 aliphatic carbocycles. The topological polar surface area (TPSA) is 38.3 Å². The lowest BCUT2D eigenvalue weighted by Crippen LogP contribution is -2.36.